The van der Waals surface area contributed by atoms with Crippen LogP contribution in [-0.4, -0.2) is 47.9 Å². The highest BCUT2D eigenvalue weighted by molar-refractivity contribution is 7.10. The van der Waals surface area contributed by atoms with Crippen LogP contribution in [0.15, 0.2) is 17.5 Å². The molecule has 0 bridgehead atoms. The predicted molar refractivity (Wildman–Crippen MR) is 78.4 cm³/mol. The van der Waals surface area contributed by atoms with Crippen molar-refractivity contribution in [3.05, 3.63) is 22.4 Å². The summed E-state index contributed by atoms with van der Waals surface area (Å²) in [5.74, 6) is 0.307. The number of carbonyl (C=O) groups excluding carboxylic acids is 1. The van der Waals surface area contributed by atoms with E-state index in [9.17, 15) is 4.79 Å². The summed E-state index contributed by atoms with van der Waals surface area (Å²) < 4.78 is 0. The molecule has 2 aliphatic rings. The van der Waals surface area contributed by atoms with Gasteiger partial charge in [0.05, 0.1) is 6.42 Å². The van der Waals surface area contributed by atoms with Crippen molar-refractivity contribution in [3.8, 4) is 0 Å². The quantitative estimate of drug-likeness (QED) is 0.829. The Morgan fingerprint density at radius 2 is 2.16 bits per heavy atom. The van der Waals surface area contributed by atoms with Gasteiger partial charge in [0.1, 0.15) is 0 Å². The standard InChI is InChI=1S/C15H22N2OS/c1-16-8-3-6-15(16)7-4-9-17(12-15)14(18)11-13-5-2-10-19-13/h2,5,10H,3-4,6-9,11-12H2,1H3/t15-/m1/s1. The molecule has 0 unspecified atom stereocenters. The van der Waals surface area contributed by atoms with E-state index < -0.39 is 0 Å². The first-order valence-corrected chi connectivity index (χ1v) is 8.09. The third-order valence-corrected chi connectivity index (χ3v) is 5.64. The summed E-state index contributed by atoms with van der Waals surface area (Å²) in [6.45, 7) is 3.07. The number of hydrogen-bond acceptors (Lipinski definition) is 3. The van der Waals surface area contributed by atoms with Crippen LogP contribution in [0.1, 0.15) is 30.6 Å². The fourth-order valence-electron chi connectivity index (χ4n) is 3.59. The molecule has 3 heterocycles. The molecule has 0 saturated carbocycles. The SMILES string of the molecule is CN1CCC[C@]12CCCN(C(=O)Cc1cccs1)C2. The molecule has 0 aromatic carbocycles. The minimum Gasteiger partial charge on any atom is -0.341 e. The minimum absolute atomic E-state index is 0.281. The number of likely N-dealkylation sites (N-methyl/N-ethyl adjacent to an activating group) is 1. The van der Waals surface area contributed by atoms with E-state index >= 15 is 0 Å². The van der Waals surface area contributed by atoms with E-state index in [0.29, 0.717) is 12.3 Å². The second-order valence-electron chi connectivity index (χ2n) is 5.92. The molecular weight excluding hydrogens is 256 g/mol. The van der Waals surface area contributed by atoms with Gasteiger partial charge in [-0.3, -0.25) is 9.69 Å². The second kappa shape index (κ2) is 5.25. The lowest BCUT2D eigenvalue weighted by Crippen LogP contribution is -2.55. The Morgan fingerprint density at radius 3 is 2.84 bits per heavy atom. The van der Waals surface area contributed by atoms with Crippen LogP contribution < -0.4 is 0 Å². The lowest BCUT2D eigenvalue weighted by molar-refractivity contribution is -0.134. The van der Waals surface area contributed by atoms with Crippen LogP contribution in [-0.2, 0) is 11.2 Å². The van der Waals surface area contributed by atoms with Crippen molar-refractivity contribution in [2.24, 2.45) is 0 Å². The van der Waals surface area contributed by atoms with Crippen LogP contribution in [0.25, 0.3) is 0 Å². The van der Waals surface area contributed by atoms with Gasteiger partial charge in [-0.15, -0.1) is 11.3 Å². The molecule has 104 valence electrons. The molecule has 3 nitrogen and oxygen atoms in total. The number of carbonyl (C=O) groups is 1. The molecule has 1 aromatic heterocycles. The zero-order chi connectivity index (χ0) is 13.3. The van der Waals surface area contributed by atoms with Gasteiger partial charge in [0.25, 0.3) is 0 Å². The fourth-order valence-corrected chi connectivity index (χ4v) is 4.28. The lowest BCUT2D eigenvalue weighted by atomic mass is 9.86. The first-order valence-electron chi connectivity index (χ1n) is 7.21. The number of thiophene rings is 1. The van der Waals surface area contributed by atoms with Crippen molar-refractivity contribution in [1.29, 1.82) is 0 Å². The van der Waals surface area contributed by atoms with Crippen LogP contribution in [0, 0.1) is 0 Å². The Bertz CT molecular complexity index is 445. The summed E-state index contributed by atoms with van der Waals surface area (Å²) in [6.07, 6.45) is 5.53. The van der Waals surface area contributed by atoms with E-state index in [1.165, 1.54) is 30.7 Å². The molecule has 4 heteroatoms. The van der Waals surface area contributed by atoms with Crippen molar-refractivity contribution >= 4 is 17.2 Å². The smallest absolute Gasteiger partial charge is 0.227 e. The molecular formula is C15H22N2OS. The maximum Gasteiger partial charge on any atom is 0.227 e. The Balaban J connectivity index is 1.66. The van der Waals surface area contributed by atoms with Gasteiger partial charge in [-0.25, -0.2) is 0 Å². The Kier molecular flexibility index (Phi) is 3.63. The average Bonchev–Trinajstić information content (AvgIpc) is 3.02. The van der Waals surface area contributed by atoms with E-state index in [4.69, 9.17) is 0 Å². The summed E-state index contributed by atoms with van der Waals surface area (Å²) in [6, 6.07) is 4.08. The van der Waals surface area contributed by atoms with Crippen molar-refractivity contribution in [1.82, 2.24) is 9.80 Å². The van der Waals surface area contributed by atoms with Crippen LogP contribution in [0.5, 0.6) is 0 Å². The summed E-state index contributed by atoms with van der Waals surface area (Å²) in [4.78, 5) is 18.2. The van der Waals surface area contributed by atoms with Crippen LogP contribution >= 0.6 is 11.3 Å². The lowest BCUT2D eigenvalue weighted by Gasteiger charge is -2.44. The molecule has 2 fully saturated rings. The Labute approximate surface area is 119 Å². The fraction of sp³-hybridized carbons (Fsp3) is 0.667. The maximum atomic E-state index is 12.4. The van der Waals surface area contributed by atoms with Crippen molar-refractivity contribution in [3.63, 3.8) is 0 Å². The zero-order valence-corrected chi connectivity index (χ0v) is 12.4. The number of piperidine rings is 1. The third-order valence-electron chi connectivity index (χ3n) is 4.76. The van der Waals surface area contributed by atoms with Crippen molar-refractivity contribution in [2.45, 2.75) is 37.6 Å². The largest absolute Gasteiger partial charge is 0.341 e. The van der Waals surface area contributed by atoms with E-state index in [-0.39, 0.29) is 5.54 Å². The minimum atomic E-state index is 0.281. The summed E-state index contributed by atoms with van der Waals surface area (Å²) in [5.41, 5.74) is 0.281. The van der Waals surface area contributed by atoms with E-state index in [0.717, 1.165) is 19.5 Å². The first-order chi connectivity index (χ1) is 9.20. The molecule has 2 saturated heterocycles. The highest BCUT2D eigenvalue weighted by Gasteiger charge is 2.42. The van der Waals surface area contributed by atoms with Crippen molar-refractivity contribution in [2.75, 3.05) is 26.7 Å². The van der Waals surface area contributed by atoms with Crippen LogP contribution in [0.4, 0.5) is 0 Å². The topological polar surface area (TPSA) is 23.6 Å². The number of rotatable bonds is 2. The molecule has 0 aliphatic carbocycles. The summed E-state index contributed by atoms with van der Waals surface area (Å²) in [5, 5.41) is 2.05. The molecule has 1 spiro atoms. The molecule has 19 heavy (non-hydrogen) atoms. The Morgan fingerprint density at radius 1 is 1.37 bits per heavy atom. The van der Waals surface area contributed by atoms with Gasteiger partial charge in [0.15, 0.2) is 0 Å². The van der Waals surface area contributed by atoms with Crippen LogP contribution in [0.3, 0.4) is 0 Å². The van der Waals surface area contributed by atoms with Gasteiger partial charge in [-0.1, -0.05) is 6.07 Å². The van der Waals surface area contributed by atoms with Gasteiger partial charge in [-0.05, 0) is 50.7 Å². The van der Waals surface area contributed by atoms with Crippen LogP contribution in [0.2, 0.25) is 0 Å². The summed E-state index contributed by atoms with van der Waals surface area (Å²) >= 11 is 1.68. The van der Waals surface area contributed by atoms with Gasteiger partial charge in [0.2, 0.25) is 5.91 Å². The normalized spacial score (nSPS) is 28.2. The Hall–Kier alpha value is -0.870. The number of likely N-dealkylation sites (tertiary alicyclic amines) is 2. The first kappa shape index (κ1) is 13.1. The van der Waals surface area contributed by atoms with E-state index in [1.807, 2.05) is 11.4 Å². The highest BCUT2D eigenvalue weighted by atomic mass is 32.1. The third kappa shape index (κ3) is 2.56. The van der Waals surface area contributed by atoms with Gasteiger partial charge >= 0.3 is 0 Å². The second-order valence-corrected chi connectivity index (χ2v) is 6.96. The molecule has 0 N–H and O–H groups in total. The average molecular weight is 278 g/mol. The van der Waals surface area contributed by atoms with E-state index in [2.05, 4.69) is 22.9 Å². The molecule has 1 aromatic rings. The van der Waals surface area contributed by atoms with E-state index in [1.54, 1.807) is 11.3 Å². The molecule has 3 rings (SSSR count). The number of nitrogens with zero attached hydrogens (tertiary/aromatic N) is 2. The van der Waals surface area contributed by atoms with Gasteiger partial charge in [-0.2, -0.15) is 0 Å². The monoisotopic (exact) mass is 278 g/mol. The number of amides is 1. The predicted octanol–water partition coefficient (Wildman–Crippen LogP) is 2.38. The summed E-state index contributed by atoms with van der Waals surface area (Å²) in [7, 11) is 2.22. The number of hydrogen-bond donors (Lipinski definition) is 0. The molecule has 2 aliphatic heterocycles. The van der Waals surface area contributed by atoms with Gasteiger partial charge in [0, 0.05) is 23.5 Å². The zero-order valence-electron chi connectivity index (χ0n) is 11.6. The van der Waals surface area contributed by atoms with Gasteiger partial charge < -0.3 is 4.90 Å². The molecule has 1 amide bonds. The van der Waals surface area contributed by atoms with Crippen molar-refractivity contribution < 1.29 is 4.79 Å². The molecule has 0 radical (unpaired) electrons. The maximum absolute atomic E-state index is 12.4. The molecule has 1 atom stereocenters. The highest BCUT2D eigenvalue weighted by Crippen LogP contribution is 2.36.